The highest BCUT2D eigenvalue weighted by atomic mass is 16.3. The Balaban J connectivity index is 2.64. The van der Waals surface area contributed by atoms with Crippen LogP contribution >= 0.6 is 0 Å². The van der Waals surface area contributed by atoms with Crippen molar-refractivity contribution in [3.8, 4) is 0 Å². The topological polar surface area (TPSA) is 30.4 Å². The molecule has 0 amide bonds. The molecule has 0 saturated heterocycles. The molecule has 1 heterocycles. The molecule has 0 saturated carbocycles. The molecule has 3 heteroatoms. The number of para-hydroxylation sites is 2. The second kappa shape index (κ2) is 2.76. The lowest BCUT2D eigenvalue weighted by Gasteiger charge is -1.83. The van der Waals surface area contributed by atoms with Crippen LogP contribution in [-0.4, -0.2) is 4.98 Å². The standard InChI is InChI=1S/C10H6N2O/c1-7(11-2)10-12-8-5-3-4-6-9(8)13-10/h3-6H,1H2. The highest BCUT2D eigenvalue weighted by Crippen LogP contribution is 2.19. The van der Waals surface area contributed by atoms with Crippen LogP contribution in [0.1, 0.15) is 5.89 Å². The fourth-order valence-electron chi connectivity index (χ4n) is 1.04. The first-order valence-corrected chi connectivity index (χ1v) is 3.73. The second-order valence-corrected chi connectivity index (χ2v) is 2.55. The van der Waals surface area contributed by atoms with Crippen LogP contribution in [-0.2, 0) is 0 Å². The van der Waals surface area contributed by atoms with Gasteiger partial charge in [-0.25, -0.2) is 9.83 Å². The van der Waals surface area contributed by atoms with Gasteiger partial charge in [-0.1, -0.05) is 18.7 Å². The average Bonchev–Trinajstić information content (AvgIpc) is 2.59. The minimum Gasteiger partial charge on any atom is -0.447 e. The van der Waals surface area contributed by atoms with Gasteiger partial charge in [-0.3, -0.25) is 0 Å². The summed E-state index contributed by atoms with van der Waals surface area (Å²) in [4.78, 5) is 7.26. The van der Waals surface area contributed by atoms with E-state index in [0.717, 1.165) is 5.52 Å². The highest BCUT2D eigenvalue weighted by Gasteiger charge is 2.07. The molecular formula is C10H6N2O. The molecule has 0 radical (unpaired) electrons. The number of hydrogen-bond donors (Lipinski definition) is 0. The van der Waals surface area contributed by atoms with E-state index in [9.17, 15) is 0 Å². The molecule has 1 aromatic heterocycles. The van der Waals surface area contributed by atoms with Gasteiger partial charge in [0.2, 0.25) is 11.6 Å². The molecule has 0 fully saturated rings. The van der Waals surface area contributed by atoms with Crippen molar-refractivity contribution in [2.75, 3.05) is 0 Å². The van der Waals surface area contributed by atoms with Crippen molar-refractivity contribution in [3.05, 3.63) is 48.2 Å². The van der Waals surface area contributed by atoms with Gasteiger partial charge in [0.1, 0.15) is 5.52 Å². The SMILES string of the molecule is [C-]#[N+]C(=C)c1nc2ccccc2o1. The Kier molecular flexibility index (Phi) is 1.60. The Morgan fingerprint density at radius 2 is 2.23 bits per heavy atom. The number of aromatic nitrogens is 1. The number of oxazole rings is 1. The van der Waals surface area contributed by atoms with Gasteiger partial charge < -0.3 is 4.42 Å². The van der Waals surface area contributed by atoms with Crippen molar-refractivity contribution in [1.82, 2.24) is 4.98 Å². The van der Waals surface area contributed by atoms with E-state index in [0.29, 0.717) is 11.5 Å². The van der Waals surface area contributed by atoms with Crippen molar-refractivity contribution < 1.29 is 4.42 Å². The zero-order chi connectivity index (χ0) is 9.26. The van der Waals surface area contributed by atoms with Crippen molar-refractivity contribution >= 4 is 16.8 Å². The van der Waals surface area contributed by atoms with Gasteiger partial charge in [0, 0.05) is 0 Å². The van der Waals surface area contributed by atoms with Gasteiger partial charge in [0.25, 0.3) is 0 Å². The van der Waals surface area contributed by atoms with E-state index in [2.05, 4.69) is 16.4 Å². The van der Waals surface area contributed by atoms with Crippen LogP contribution in [0.25, 0.3) is 21.6 Å². The average molecular weight is 170 g/mol. The summed E-state index contributed by atoms with van der Waals surface area (Å²) in [7, 11) is 0. The van der Waals surface area contributed by atoms with Crippen LogP contribution < -0.4 is 0 Å². The molecule has 1 aromatic carbocycles. The van der Waals surface area contributed by atoms with Crippen LogP contribution in [0.2, 0.25) is 0 Å². The third-order valence-corrected chi connectivity index (χ3v) is 1.68. The van der Waals surface area contributed by atoms with Crippen molar-refractivity contribution in [3.63, 3.8) is 0 Å². The first kappa shape index (κ1) is 7.56. The minimum atomic E-state index is 0.233. The normalized spacial score (nSPS) is 9.77. The van der Waals surface area contributed by atoms with Gasteiger partial charge in [-0.15, -0.1) is 0 Å². The van der Waals surface area contributed by atoms with Crippen LogP contribution in [0.5, 0.6) is 0 Å². The Hall–Kier alpha value is -2.08. The maximum absolute atomic E-state index is 6.75. The fourth-order valence-corrected chi connectivity index (χ4v) is 1.04. The number of nitrogens with zero attached hydrogens (tertiary/aromatic N) is 2. The Bertz CT molecular complexity index is 472. The summed E-state index contributed by atoms with van der Waals surface area (Å²) >= 11 is 0. The van der Waals surface area contributed by atoms with Crippen molar-refractivity contribution in [2.45, 2.75) is 0 Å². The maximum atomic E-state index is 6.75. The van der Waals surface area contributed by atoms with Gasteiger partial charge >= 0.3 is 0 Å². The van der Waals surface area contributed by atoms with Crippen LogP contribution in [0.4, 0.5) is 0 Å². The lowest BCUT2D eigenvalue weighted by Crippen LogP contribution is -1.73. The van der Waals surface area contributed by atoms with Crippen molar-refractivity contribution in [2.24, 2.45) is 0 Å². The molecule has 2 aromatic rings. The quantitative estimate of drug-likeness (QED) is 0.616. The summed E-state index contributed by atoms with van der Waals surface area (Å²) in [5, 5.41) is 0. The molecule has 0 atom stereocenters. The Morgan fingerprint density at radius 3 is 2.92 bits per heavy atom. The molecule has 62 valence electrons. The molecule has 0 aliphatic heterocycles. The number of hydrogen-bond acceptors (Lipinski definition) is 2. The number of fused-ring (bicyclic) bond motifs is 1. The molecule has 0 aliphatic rings. The van der Waals surface area contributed by atoms with E-state index >= 15 is 0 Å². The Labute approximate surface area is 75.1 Å². The van der Waals surface area contributed by atoms with Crippen molar-refractivity contribution in [1.29, 1.82) is 0 Å². The third kappa shape index (κ3) is 1.18. The molecule has 0 N–H and O–H groups in total. The summed E-state index contributed by atoms with van der Waals surface area (Å²) in [5.41, 5.74) is 1.67. The molecular weight excluding hydrogens is 164 g/mol. The molecule has 13 heavy (non-hydrogen) atoms. The van der Waals surface area contributed by atoms with E-state index in [1.165, 1.54) is 0 Å². The summed E-state index contributed by atoms with van der Waals surface area (Å²) in [5.74, 6) is 0.302. The third-order valence-electron chi connectivity index (χ3n) is 1.68. The summed E-state index contributed by atoms with van der Waals surface area (Å²) in [6.45, 7) is 10.3. The van der Waals surface area contributed by atoms with Gasteiger partial charge in [-0.2, -0.15) is 0 Å². The number of rotatable bonds is 1. The highest BCUT2D eigenvalue weighted by molar-refractivity contribution is 5.76. The molecule has 0 aliphatic carbocycles. The summed E-state index contributed by atoms with van der Waals surface area (Å²) < 4.78 is 5.30. The monoisotopic (exact) mass is 170 g/mol. The molecule has 2 rings (SSSR count). The largest absolute Gasteiger partial charge is 0.447 e. The smallest absolute Gasteiger partial charge is 0.240 e. The Morgan fingerprint density at radius 1 is 1.46 bits per heavy atom. The molecule has 0 spiro atoms. The lowest BCUT2D eigenvalue weighted by molar-refractivity contribution is 0.586. The molecule has 0 unspecified atom stereocenters. The lowest BCUT2D eigenvalue weighted by atomic mass is 10.3. The first-order chi connectivity index (χ1) is 6.31. The minimum absolute atomic E-state index is 0.233. The summed E-state index contributed by atoms with van der Waals surface area (Å²) in [6, 6.07) is 7.37. The van der Waals surface area contributed by atoms with Gasteiger partial charge in [-0.05, 0) is 12.1 Å². The van der Waals surface area contributed by atoms with Gasteiger partial charge in [0.05, 0.1) is 6.57 Å². The molecule has 0 bridgehead atoms. The van der Waals surface area contributed by atoms with Crippen LogP contribution in [0.3, 0.4) is 0 Å². The predicted molar refractivity (Wildman–Crippen MR) is 49.6 cm³/mol. The van der Waals surface area contributed by atoms with E-state index in [-0.39, 0.29) is 5.70 Å². The maximum Gasteiger partial charge on any atom is 0.240 e. The van der Waals surface area contributed by atoms with E-state index in [1.807, 2.05) is 24.3 Å². The fraction of sp³-hybridized carbons (Fsp3) is 0. The van der Waals surface area contributed by atoms with E-state index in [4.69, 9.17) is 11.0 Å². The zero-order valence-corrected chi connectivity index (χ0v) is 6.82. The van der Waals surface area contributed by atoms with E-state index in [1.54, 1.807) is 0 Å². The second-order valence-electron chi connectivity index (χ2n) is 2.55. The zero-order valence-electron chi connectivity index (χ0n) is 6.82. The van der Waals surface area contributed by atoms with Crippen LogP contribution in [0.15, 0.2) is 35.3 Å². The molecule has 3 nitrogen and oxygen atoms in total. The summed E-state index contributed by atoms with van der Waals surface area (Å²) in [6.07, 6.45) is 0. The van der Waals surface area contributed by atoms with E-state index < -0.39 is 0 Å². The van der Waals surface area contributed by atoms with Crippen LogP contribution in [0, 0.1) is 6.57 Å². The predicted octanol–water partition coefficient (Wildman–Crippen LogP) is 2.72. The number of benzene rings is 1. The van der Waals surface area contributed by atoms with Gasteiger partial charge in [0.15, 0.2) is 5.58 Å². The first-order valence-electron chi connectivity index (χ1n) is 3.73.